The number of nitrogens with zero attached hydrogens (tertiary/aromatic N) is 2. The summed E-state index contributed by atoms with van der Waals surface area (Å²) in [6, 6.07) is -0.382. The van der Waals surface area contributed by atoms with Crippen molar-refractivity contribution in [3.8, 4) is 0 Å². The minimum Gasteiger partial charge on any atom is -0.381 e. The normalized spacial score (nSPS) is 23.7. The van der Waals surface area contributed by atoms with Crippen LogP contribution in [0.3, 0.4) is 0 Å². The van der Waals surface area contributed by atoms with Gasteiger partial charge in [0.2, 0.25) is 5.89 Å². The maximum absolute atomic E-state index is 12.6. The topological polar surface area (TPSA) is 89.3 Å². The van der Waals surface area contributed by atoms with Gasteiger partial charge in [0.05, 0.1) is 0 Å². The summed E-state index contributed by atoms with van der Waals surface area (Å²) in [7, 11) is 0. The molecule has 4 rings (SSSR count). The number of carbonyl (C=O) groups is 1. The number of nitrogens with one attached hydrogen (secondary N) is 2. The third-order valence-corrected chi connectivity index (χ3v) is 6.20. The Kier molecular flexibility index (Phi) is 4.90. The molecule has 0 spiro atoms. The third-order valence-electron chi connectivity index (χ3n) is 6.20. The molecule has 0 aromatic carbocycles. The molecule has 2 N–H and O–H groups in total. The fraction of sp³-hybridized carbons (Fsp3) is 0.842. The van der Waals surface area contributed by atoms with E-state index in [1.54, 1.807) is 0 Å². The van der Waals surface area contributed by atoms with Crippen LogP contribution in [-0.2, 0) is 4.74 Å². The Morgan fingerprint density at radius 3 is 2.54 bits per heavy atom. The summed E-state index contributed by atoms with van der Waals surface area (Å²) >= 11 is 0. The monoisotopic (exact) mass is 362 g/mol. The zero-order valence-electron chi connectivity index (χ0n) is 15.8. The first kappa shape index (κ1) is 17.8. The average molecular weight is 362 g/mol. The maximum atomic E-state index is 12.6. The number of aromatic nitrogens is 2. The fourth-order valence-corrected chi connectivity index (χ4v) is 4.07. The van der Waals surface area contributed by atoms with E-state index >= 15 is 0 Å². The van der Waals surface area contributed by atoms with Gasteiger partial charge in [-0.1, -0.05) is 19.0 Å². The summed E-state index contributed by atoms with van der Waals surface area (Å²) in [5.41, 5.74) is 0.390. The highest BCUT2D eigenvalue weighted by Crippen LogP contribution is 2.60. The predicted octanol–water partition coefficient (Wildman–Crippen LogP) is 3.15. The number of urea groups is 1. The number of rotatable bonds is 7. The quantitative estimate of drug-likeness (QED) is 0.778. The number of amides is 2. The second kappa shape index (κ2) is 7.18. The highest BCUT2D eigenvalue weighted by Gasteiger charge is 2.53. The second-order valence-corrected chi connectivity index (χ2v) is 8.54. The van der Waals surface area contributed by atoms with Crippen molar-refractivity contribution in [3.05, 3.63) is 11.7 Å². The van der Waals surface area contributed by atoms with E-state index in [0.29, 0.717) is 30.3 Å². The lowest BCUT2D eigenvalue weighted by Crippen LogP contribution is -2.44. The molecule has 26 heavy (non-hydrogen) atoms. The Morgan fingerprint density at radius 1 is 1.23 bits per heavy atom. The van der Waals surface area contributed by atoms with Crippen molar-refractivity contribution in [3.63, 3.8) is 0 Å². The average Bonchev–Trinajstić information content (AvgIpc) is 3.56. The van der Waals surface area contributed by atoms with Crippen LogP contribution in [0.25, 0.3) is 0 Å². The van der Waals surface area contributed by atoms with Gasteiger partial charge in [-0.15, -0.1) is 0 Å². The van der Waals surface area contributed by atoms with E-state index in [2.05, 4.69) is 20.8 Å². The molecule has 2 heterocycles. The van der Waals surface area contributed by atoms with Gasteiger partial charge in [-0.2, -0.15) is 4.98 Å². The largest absolute Gasteiger partial charge is 0.381 e. The van der Waals surface area contributed by atoms with Crippen molar-refractivity contribution in [1.29, 1.82) is 0 Å². The second-order valence-electron chi connectivity index (χ2n) is 8.54. The highest BCUT2D eigenvalue weighted by molar-refractivity contribution is 5.74. The molecule has 2 aliphatic carbocycles. The predicted molar refractivity (Wildman–Crippen MR) is 95.6 cm³/mol. The van der Waals surface area contributed by atoms with Crippen molar-refractivity contribution in [2.45, 2.75) is 64.3 Å². The molecule has 0 radical (unpaired) electrons. The van der Waals surface area contributed by atoms with E-state index in [-0.39, 0.29) is 23.9 Å². The Hall–Kier alpha value is -1.63. The van der Waals surface area contributed by atoms with E-state index in [1.165, 1.54) is 25.7 Å². The Bertz CT molecular complexity index is 630. The van der Waals surface area contributed by atoms with Crippen molar-refractivity contribution in [1.82, 2.24) is 20.8 Å². The number of hydrogen-bond donors (Lipinski definition) is 2. The molecule has 1 atom stereocenters. The lowest BCUT2D eigenvalue weighted by Gasteiger charge is -2.29. The van der Waals surface area contributed by atoms with Crippen LogP contribution in [0.5, 0.6) is 0 Å². The molecule has 7 heteroatoms. The lowest BCUT2D eigenvalue weighted by atomic mass is 9.91. The summed E-state index contributed by atoms with van der Waals surface area (Å²) in [5, 5.41) is 10.3. The Balaban J connectivity index is 1.40. The molecule has 1 aliphatic heterocycles. The molecular formula is C19H30N4O3. The lowest BCUT2D eigenvalue weighted by molar-refractivity contribution is 0.0503. The minimum atomic E-state index is -0.255. The van der Waals surface area contributed by atoms with Gasteiger partial charge < -0.3 is 19.9 Å². The summed E-state index contributed by atoms with van der Waals surface area (Å²) in [4.78, 5) is 17.1. The Labute approximate surface area is 154 Å². The van der Waals surface area contributed by atoms with Crippen LogP contribution in [0.4, 0.5) is 4.79 Å². The van der Waals surface area contributed by atoms with Crippen LogP contribution in [-0.4, -0.2) is 35.9 Å². The summed E-state index contributed by atoms with van der Waals surface area (Å²) < 4.78 is 11.0. The smallest absolute Gasteiger partial charge is 0.315 e. The van der Waals surface area contributed by atoms with Gasteiger partial charge in [-0.3, -0.25) is 0 Å². The first-order valence-corrected chi connectivity index (χ1v) is 10.0. The molecule has 7 nitrogen and oxygen atoms in total. The van der Waals surface area contributed by atoms with Gasteiger partial charge in [0.25, 0.3) is 0 Å². The fourth-order valence-electron chi connectivity index (χ4n) is 4.07. The van der Waals surface area contributed by atoms with Gasteiger partial charge in [0.1, 0.15) is 6.04 Å². The van der Waals surface area contributed by atoms with Crippen LogP contribution in [0.15, 0.2) is 4.52 Å². The molecule has 2 saturated carbocycles. The molecule has 2 amide bonds. The van der Waals surface area contributed by atoms with Gasteiger partial charge >= 0.3 is 6.03 Å². The van der Waals surface area contributed by atoms with Gasteiger partial charge in [-0.05, 0) is 55.8 Å². The minimum absolute atomic E-state index is 0.127. The van der Waals surface area contributed by atoms with Gasteiger partial charge in [0.15, 0.2) is 5.82 Å². The van der Waals surface area contributed by atoms with E-state index in [4.69, 9.17) is 9.26 Å². The van der Waals surface area contributed by atoms with Crippen LogP contribution < -0.4 is 10.6 Å². The molecule has 1 saturated heterocycles. The van der Waals surface area contributed by atoms with Crippen LogP contribution >= 0.6 is 0 Å². The zero-order valence-corrected chi connectivity index (χ0v) is 15.8. The van der Waals surface area contributed by atoms with Crippen LogP contribution in [0.1, 0.15) is 76.0 Å². The first-order valence-electron chi connectivity index (χ1n) is 10.0. The first-order chi connectivity index (χ1) is 12.6. The van der Waals surface area contributed by atoms with Gasteiger partial charge in [0, 0.05) is 25.7 Å². The molecular weight excluding hydrogens is 332 g/mol. The van der Waals surface area contributed by atoms with Crippen molar-refractivity contribution in [2.75, 3.05) is 19.8 Å². The van der Waals surface area contributed by atoms with E-state index < -0.39 is 0 Å². The molecule has 0 bridgehead atoms. The molecule has 3 aliphatic rings. The number of ether oxygens (including phenoxy) is 1. The maximum Gasteiger partial charge on any atom is 0.315 e. The van der Waals surface area contributed by atoms with E-state index in [0.717, 1.165) is 25.3 Å². The molecule has 3 fully saturated rings. The molecule has 1 aromatic heterocycles. The Morgan fingerprint density at radius 2 is 1.96 bits per heavy atom. The van der Waals surface area contributed by atoms with Crippen molar-refractivity contribution >= 4 is 6.03 Å². The van der Waals surface area contributed by atoms with E-state index in [1.807, 2.05) is 13.8 Å². The van der Waals surface area contributed by atoms with Crippen molar-refractivity contribution in [2.24, 2.45) is 17.3 Å². The summed E-state index contributed by atoms with van der Waals surface area (Å²) in [6.07, 6.45) is 6.93. The van der Waals surface area contributed by atoms with Crippen LogP contribution in [0, 0.1) is 17.3 Å². The van der Waals surface area contributed by atoms with E-state index in [9.17, 15) is 4.79 Å². The summed E-state index contributed by atoms with van der Waals surface area (Å²) in [5.74, 6) is 2.49. The summed E-state index contributed by atoms with van der Waals surface area (Å²) in [6.45, 7) is 6.27. The third kappa shape index (κ3) is 3.87. The van der Waals surface area contributed by atoms with Crippen molar-refractivity contribution < 1.29 is 14.1 Å². The number of hydrogen-bond acceptors (Lipinski definition) is 5. The molecule has 0 unspecified atom stereocenters. The van der Waals surface area contributed by atoms with Gasteiger partial charge in [-0.25, -0.2) is 4.79 Å². The highest BCUT2D eigenvalue weighted by atomic mass is 16.5. The standard InChI is InChI=1S/C19H30N4O3/c1-12(2)16-22-17(26-23-16)15(13-5-9-25-10-6-13)21-18(24)20-11-19(7-8-19)14-3-4-14/h12-15H,3-11H2,1-2H3,(H2,20,21,24)/t15-/m1/s1. The number of carbonyl (C=O) groups excluding carboxylic acids is 1. The SMILES string of the molecule is CC(C)c1noc([C@H](NC(=O)NCC2(C3CC3)CC2)C2CCOCC2)n1. The van der Waals surface area contributed by atoms with Crippen LogP contribution in [0.2, 0.25) is 0 Å². The zero-order chi connectivity index (χ0) is 18.1. The molecule has 144 valence electrons. The molecule has 1 aromatic rings.